The Morgan fingerprint density at radius 2 is 1.82 bits per heavy atom. The number of fused-ring (bicyclic) bond motifs is 1. The van der Waals surface area contributed by atoms with Gasteiger partial charge in [-0.3, -0.25) is 4.90 Å². The van der Waals surface area contributed by atoms with Crippen LogP contribution in [0.5, 0.6) is 0 Å². The van der Waals surface area contributed by atoms with Crippen molar-refractivity contribution in [1.82, 2.24) is 25.2 Å². The quantitative estimate of drug-likeness (QED) is 0.372. The second-order valence-corrected chi connectivity index (χ2v) is 9.19. The van der Waals surface area contributed by atoms with Crippen molar-refractivity contribution in [3.8, 4) is 11.3 Å². The lowest BCUT2D eigenvalue weighted by Crippen LogP contribution is -2.53. The summed E-state index contributed by atoms with van der Waals surface area (Å²) in [4.78, 5) is 14.6. The monoisotopic (exact) mass is 464 g/mol. The lowest BCUT2D eigenvalue weighted by molar-refractivity contribution is 0.166. The molecular formula is C25H26ClFN6. The second kappa shape index (κ2) is 9.09. The maximum absolute atomic E-state index is 13.5. The van der Waals surface area contributed by atoms with Crippen molar-refractivity contribution in [2.75, 3.05) is 18.4 Å². The van der Waals surface area contributed by atoms with Gasteiger partial charge in [0.15, 0.2) is 0 Å². The molecule has 0 radical (unpaired) electrons. The predicted molar refractivity (Wildman–Crippen MR) is 131 cm³/mol. The Bertz CT molecular complexity index is 1260. The molecule has 3 heterocycles. The zero-order chi connectivity index (χ0) is 22.9. The average molecular weight is 465 g/mol. The van der Waals surface area contributed by atoms with Crippen LogP contribution >= 0.6 is 11.6 Å². The number of nitrogens with one attached hydrogen (secondary N) is 3. The maximum Gasteiger partial charge on any atom is 0.143 e. The summed E-state index contributed by atoms with van der Waals surface area (Å²) in [6, 6.07) is 16.2. The molecule has 170 valence electrons. The normalized spacial score (nSPS) is 19.2. The summed E-state index contributed by atoms with van der Waals surface area (Å²) in [5.74, 6) is 0.173. The summed E-state index contributed by atoms with van der Waals surface area (Å²) in [7, 11) is 0. The number of rotatable bonds is 5. The number of hydrogen-bond acceptors (Lipinski definition) is 5. The minimum Gasteiger partial charge on any atom is -0.340 e. The van der Waals surface area contributed by atoms with Gasteiger partial charge in [-0.05, 0) is 49.2 Å². The average Bonchev–Trinajstić information content (AvgIpc) is 3.22. The Morgan fingerprint density at radius 1 is 1.06 bits per heavy atom. The van der Waals surface area contributed by atoms with E-state index in [1.807, 2.05) is 6.07 Å². The van der Waals surface area contributed by atoms with Gasteiger partial charge >= 0.3 is 0 Å². The SMILES string of the molecule is CC1CN(Cc2ccc(-c3cc4c(Nc5ccc(F)c(Cl)c5)ncnc4[nH]3)cc2)CC(C)N1. The third-order valence-electron chi connectivity index (χ3n) is 5.91. The molecule has 1 aliphatic rings. The Hall–Kier alpha value is -3.00. The van der Waals surface area contributed by atoms with E-state index in [0.717, 1.165) is 41.9 Å². The van der Waals surface area contributed by atoms with Gasteiger partial charge in [0.25, 0.3) is 0 Å². The highest BCUT2D eigenvalue weighted by Gasteiger charge is 2.20. The van der Waals surface area contributed by atoms with E-state index in [1.165, 1.54) is 24.0 Å². The van der Waals surface area contributed by atoms with Crippen LogP contribution in [0.3, 0.4) is 0 Å². The summed E-state index contributed by atoms with van der Waals surface area (Å²) in [5, 5.41) is 7.69. The van der Waals surface area contributed by atoms with Gasteiger partial charge in [0.05, 0.1) is 10.4 Å². The van der Waals surface area contributed by atoms with E-state index in [4.69, 9.17) is 11.6 Å². The first-order chi connectivity index (χ1) is 15.9. The Balaban J connectivity index is 1.35. The Labute approximate surface area is 197 Å². The molecule has 0 amide bonds. The first-order valence-electron chi connectivity index (χ1n) is 11.1. The highest BCUT2D eigenvalue weighted by molar-refractivity contribution is 6.31. The molecule has 5 rings (SSSR count). The summed E-state index contributed by atoms with van der Waals surface area (Å²) in [6.45, 7) is 7.53. The van der Waals surface area contributed by atoms with Crippen LogP contribution in [0.15, 0.2) is 54.9 Å². The van der Waals surface area contributed by atoms with Crippen LogP contribution < -0.4 is 10.6 Å². The lowest BCUT2D eigenvalue weighted by Gasteiger charge is -2.36. The molecule has 0 saturated carbocycles. The molecular weight excluding hydrogens is 439 g/mol. The molecule has 3 N–H and O–H groups in total. The van der Waals surface area contributed by atoms with Gasteiger partial charge in [-0.2, -0.15) is 0 Å². The molecule has 1 aliphatic heterocycles. The van der Waals surface area contributed by atoms with E-state index in [1.54, 1.807) is 6.07 Å². The first-order valence-corrected chi connectivity index (χ1v) is 11.5. The summed E-state index contributed by atoms with van der Waals surface area (Å²) >= 11 is 5.91. The van der Waals surface area contributed by atoms with E-state index in [9.17, 15) is 4.39 Å². The van der Waals surface area contributed by atoms with E-state index in [-0.39, 0.29) is 5.02 Å². The van der Waals surface area contributed by atoms with Crippen LogP contribution in [0.1, 0.15) is 19.4 Å². The topological polar surface area (TPSA) is 68.9 Å². The Kier molecular flexibility index (Phi) is 6.01. The number of H-pyrrole nitrogens is 1. The molecule has 4 aromatic rings. The second-order valence-electron chi connectivity index (χ2n) is 8.78. The number of halogens is 2. The molecule has 2 aromatic carbocycles. The summed E-state index contributed by atoms with van der Waals surface area (Å²) in [6.07, 6.45) is 1.49. The molecule has 0 spiro atoms. The van der Waals surface area contributed by atoms with Crippen LogP contribution in [-0.4, -0.2) is 45.0 Å². The van der Waals surface area contributed by atoms with Crippen LogP contribution in [0.4, 0.5) is 15.9 Å². The number of benzene rings is 2. The number of nitrogens with zero attached hydrogens (tertiary/aromatic N) is 3. The summed E-state index contributed by atoms with van der Waals surface area (Å²) < 4.78 is 13.5. The van der Waals surface area contributed by atoms with Gasteiger partial charge in [0.1, 0.15) is 23.6 Å². The maximum atomic E-state index is 13.5. The molecule has 1 saturated heterocycles. The Morgan fingerprint density at radius 3 is 2.55 bits per heavy atom. The smallest absolute Gasteiger partial charge is 0.143 e. The largest absolute Gasteiger partial charge is 0.340 e. The third kappa shape index (κ3) is 4.85. The highest BCUT2D eigenvalue weighted by Crippen LogP contribution is 2.30. The van der Waals surface area contributed by atoms with Crippen molar-refractivity contribution in [2.24, 2.45) is 0 Å². The van der Waals surface area contributed by atoms with Gasteiger partial charge in [-0.15, -0.1) is 0 Å². The zero-order valence-electron chi connectivity index (χ0n) is 18.6. The van der Waals surface area contributed by atoms with Gasteiger partial charge < -0.3 is 15.6 Å². The zero-order valence-corrected chi connectivity index (χ0v) is 19.3. The standard InChI is InChI=1S/C25H26ClFN6/c1-15-11-33(12-16(2)30-15)13-17-3-5-18(6-4-17)23-10-20-24(28-14-29-25(20)32-23)31-19-7-8-22(27)21(26)9-19/h3-10,14-16,30H,11-13H2,1-2H3,(H2,28,29,31,32). The number of anilines is 2. The fourth-order valence-corrected chi connectivity index (χ4v) is 4.70. The van der Waals surface area contributed by atoms with Crippen LogP contribution in [0.2, 0.25) is 5.02 Å². The van der Waals surface area contributed by atoms with Crippen LogP contribution in [0.25, 0.3) is 22.3 Å². The highest BCUT2D eigenvalue weighted by atomic mass is 35.5. The van der Waals surface area contributed by atoms with Crippen molar-refractivity contribution >= 4 is 34.1 Å². The van der Waals surface area contributed by atoms with Gasteiger partial charge in [0, 0.05) is 43.1 Å². The predicted octanol–water partition coefficient (Wildman–Crippen LogP) is 5.34. The van der Waals surface area contributed by atoms with Crippen LogP contribution in [0, 0.1) is 5.82 Å². The van der Waals surface area contributed by atoms with Gasteiger partial charge in [0.2, 0.25) is 0 Å². The molecule has 6 nitrogen and oxygen atoms in total. The van der Waals surface area contributed by atoms with E-state index < -0.39 is 5.82 Å². The number of aromatic nitrogens is 3. The molecule has 2 aromatic heterocycles. The molecule has 33 heavy (non-hydrogen) atoms. The molecule has 0 aliphatic carbocycles. The molecule has 1 fully saturated rings. The fraction of sp³-hybridized carbons (Fsp3) is 0.280. The number of hydrogen-bond donors (Lipinski definition) is 3. The lowest BCUT2D eigenvalue weighted by atomic mass is 10.1. The third-order valence-corrected chi connectivity index (χ3v) is 6.20. The van der Waals surface area contributed by atoms with E-state index in [2.05, 4.69) is 68.6 Å². The van der Waals surface area contributed by atoms with Crippen molar-refractivity contribution in [3.05, 3.63) is 71.3 Å². The van der Waals surface area contributed by atoms with Gasteiger partial charge in [-0.25, -0.2) is 14.4 Å². The van der Waals surface area contributed by atoms with Crippen molar-refractivity contribution in [1.29, 1.82) is 0 Å². The van der Waals surface area contributed by atoms with Crippen molar-refractivity contribution < 1.29 is 4.39 Å². The van der Waals surface area contributed by atoms with E-state index >= 15 is 0 Å². The number of piperazine rings is 1. The summed E-state index contributed by atoms with van der Waals surface area (Å²) in [5.41, 5.74) is 4.72. The van der Waals surface area contributed by atoms with E-state index in [0.29, 0.717) is 23.6 Å². The minimum absolute atomic E-state index is 0.0601. The minimum atomic E-state index is -0.455. The first kappa shape index (κ1) is 21.8. The fourth-order valence-electron chi connectivity index (χ4n) is 4.52. The van der Waals surface area contributed by atoms with Gasteiger partial charge in [-0.1, -0.05) is 35.9 Å². The van der Waals surface area contributed by atoms with Crippen LogP contribution in [-0.2, 0) is 6.54 Å². The molecule has 2 unspecified atom stereocenters. The van der Waals surface area contributed by atoms with Crippen molar-refractivity contribution in [2.45, 2.75) is 32.5 Å². The number of aromatic amines is 1. The molecule has 8 heteroatoms. The molecule has 2 atom stereocenters. The van der Waals surface area contributed by atoms with Crippen molar-refractivity contribution in [3.63, 3.8) is 0 Å². The molecule has 0 bridgehead atoms.